The molecule has 1 unspecified atom stereocenters. The van der Waals surface area contributed by atoms with Crippen LogP contribution in [-0.2, 0) is 4.74 Å². The normalized spacial score (nSPS) is 20.1. The van der Waals surface area contributed by atoms with Gasteiger partial charge in [0.1, 0.15) is 0 Å². The average molecular weight is 195 g/mol. The minimum atomic E-state index is -0.325. The molecule has 14 heavy (non-hydrogen) atoms. The lowest BCUT2D eigenvalue weighted by atomic mass is 10.0. The van der Waals surface area contributed by atoms with Crippen molar-refractivity contribution in [3.63, 3.8) is 0 Å². The number of hydrogen-bond acceptors (Lipinski definition) is 2. The number of carbonyl (C=O) groups excluding carboxylic acids is 1. The van der Waals surface area contributed by atoms with Crippen molar-refractivity contribution >= 4 is 6.09 Å². The van der Waals surface area contributed by atoms with E-state index < -0.39 is 0 Å². The second-order valence-corrected chi connectivity index (χ2v) is 3.43. The molecule has 0 aromatic carbocycles. The smallest absolute Gasteiger partial charge is 0.407 e. The fourth-order valence-corrected chi connectivity index (χ4v) is 1.22. The molecule has 0 spiro atoms. The van der Waals surface area contributed by atoms with E-state index in [2.05, 4.69) is 11.4 Å². The molecule has 3 nitrogen and oxygen atoms in total. The number of nitrogens with one attached hydrogen (secondary N) is 1. The molecule has 1 amide bonds. The molecule has 1 N–H and O–H groups in total. The van der Waals surface area contributed by atoms with E-state index in [0.717, 1.165) is 12.8 Å². The van der Waals surface area contributed by atoms with Crippen LogP contribution in [0.1, 0.15) is 26.7 Å². The Balaban J connectivity index is 2.26. The lowest BCUT2D eigenvalue weighted by molar-refractivity contribution is 0.144. The fraction of sp³-hybridized carbons (Fsp3) is 0.545. The highest BCUT2D eigenvalue weighted by atomic mass is 16.5. The number of rotatable bonds is 3. The molecule has 0 radical (unpaired) electrons. The molecule has 1 aliphatic carbocycles. The summed E-state index contributed by atoms with van der Waals surface area (Å²) in [5.74, 6) is 0. The second-order valence-electron chi connectivity index (χ2n) is 3.43. The molecule has 0 fully saturated rings. The van der Waals surface area contributed by atoms with Gasteiger partial charge in [0.05, 0.1) is 12.6 Å². The number of amides is 1. The van der Waals surface area contributed by atoms with Gasteiger partial charge in [0.25, 0.3) is 0 Å². The SMILES string of the molecule is CCCOC(=O)NC1C=CC(C)=CC1. The van der Waals surface area contributed by atoms with Crippen LogP contribution < -0.4 is 5.32 Å². The Morgan fingerprint density at radius 3 is 3.07 bits per heavy atom. The standard InChI is InChI=1S/C11H17NO2/c1-3-8-14-11(13)12-10-6-4-9(2)5-7-10/h4-6,10H,3,7-8H2,1-2H3,(H,12,13). The van der Waals surface area contributed by atoms with Gasteiger partial charge in [0, 0.05) is 0 Å². The van der Waals surface area contributed by atoms with E-state index in [1.165, 1.54) is 5.57 Å². The van der Waals surface area contributed by atoms with Crippen LogP contribution >= 0.6 is 0 Å². The van der Waals surface area contributed by atoms with E-state index in [-0.39, 0.29) is 12.1 Å². The molecule has 1 atom stereocenters. The molecule has 0 saturated carbocycles. The van der Waals surface area contributed by atoms with Crippen LogP contribution in [0.2, 0.25) is 0 Å². The molecular formula is C11H17NO2. The molecule has 0 saturated heterocycles. The summed E-state index contributed by atoms with van der Waals surface area (Å²) in [6.07, 6.45) is 7.48. The zero-order chi connectivity index (χ0) is 10.4. The van der Waals surface area contributed by atoms with Gasteiger partial charge in [-0.15, -0.1) is 0 Å². The largest absolute Gasteiger partial charge is 0.450 e. The van der Waals surface area contributed by atoms with Crippen molar-refractivity contribution in [1.82, 2.24) is 5.32 Å². The van der Waals surface area contributed by atoms with Crippen LogP contribution in [0, 0.1) is 0 Å². The van der Waals surface area contributed by atoms with Gasteiger partial charge in [-0.25, -0.2) is 4.79 Å². The lowest BCUT2D eigenvalue weighted by Gasteiger charge is -2.16. The van der Waals surface area contributed by atoms with E-state index in [4.69, 9.17) is 4.74 Å². The molecule has 1 rings (SSSR count). The van der Waals surface area contributed by atoms with E-state index >= 15 is 0 Å². The van der Waals surface area contributed by atoms with Gasteiger partial charge in [0.15, 0.2) is 0 Å². The number of allylic oxidation sites excluding steroid dienone is 2. The Bertz CT molecular complexity index is 256. The summed E-state index contributed by atoms with van der Waals surface area (Å²) in [4.78, 5) is 11.2. The van der Waals surface area contributed by atoms with Crippen LogP contribution in [-0.4, -0.2) is 18.7 Å². The van der Waals surface area contributed by atoms with E-state index in [9.17, 15) is 4.79 Å². The molecule has 3 heteroatoms. The molecule has 78 valence electrons. The Labute approximate surface area is 84.8 Å². The third-order valence-corrected chi connectivity index (χ3v) is 2.03. The molecule has 0 aliphatic heterocycles. The highest BCUT2D eigenvalue weighted by molar-refractivity contribution is 5.68. The molecular weight excluding hydrogens is 178 g/mol. The van der Waals surface area contributed by atoms with Crippen LogP contribution in [0.15, 0.2) is 23.8 Å². The van der Waals surface area contributed by atoms with Crippen molar-refractivity contribution in [2.45, 2.75) is 32.7 Å². The molecule has 1 aliphatic rings. The number of ether oxygens (including phenoxy) is 1. The molecule has 0 bridgehead atoms. The van der Waals surface area contributed by atoms with Crippen LogP contribution in [0.4, 0.5) is 4.79 Å². The summed E-state index contributed by atoms with van der Waals surface area (Å²) in [7, 11) is 0. The first kappa shape index (κ1) is 10.8. The number of hydrogen-bond donors (Lipinski definition) is 1. The summed E-state index contributed by atoms with van der Waals surface area (Å²) in [5.41, 5.74) is 1.24. The zero-order valence-corrected chi connectivity index (χ0v) is 8.75. The molecule has 0 aromatic rings. The number of alkyl carbamates (subject to hydrolysis) is 1. The van der Waals surface area contributed by atoms with Crippen LogP contribution in [0.3, 0.4) is 0 Å². The van der Waals surface area contributed by atoms with Crippen LogP contribution in [0.5, 0.6) is 0 Å². The third kappa shape index (κ3) is 3.64. The summed E-state index contributed by atoms with van der Waals surface area (Å²) in [6.45, 7) is 4.50. The lowest BCUT2D eigenvalue weighted by Crippen LogP contribution is -2.34. The van der Waals surface area contributed by atoms with Gasteiger partial charge < -0.3 is 10.1 Å². The topological polar surface area (TPSA) is 38.3 Å². The van der Waals surface area contributed by atoms with Crippen molar-refractivity contribution in [2.24, 2.45) is 0 Å². The Morgan fingerprint density at radius 1 is 1.71 bits per heavy atom. The van der Waals surface area contributed by atoms with Gasteiger partial charge in [0.2, 0.25) is 0 Å². The first-order valence-corrected chi connectivity index (χ1v) is 5.00. The maximum atomic E-state index is 11.2. The van der Waals surface area contributed by atoms with Crippen molar-refractivity contribution < 1.29 is 9.53 Å². The van der Waals surface area contributed by atoms with Gasteiger partial charge in [-0.2, -0.15) is 0 Å². The van der Waals surface area contributed by atoms with Crippen molar-refractivity contribution in [3.05, 3.63) is 23.8 Å². The summed E-state index contributed by atoms with van der Waals surface area (Å²) >= 11 is 0. The highest BCUT2D eigenvalue weighted by Gasteiger charge is 2.10. The third-order valence-electron chi connectivity index (χ3n) is 2.03. The van der Waals surface area contributed by atoms with Gasteiger partial charge in [-0.05, 0) is 19.8 Å². The minimum Gasteiger partial charge on any atom is -0.450 e. The first-order chi connectivity index (χ1) is 6.72. The minimum absolute atomic E-state index is 0.0862. The van der Waals surface area contributed by atoms with Crippen LogP contribution in [0.25, 0.3) is 0 Å². The Kier molecular flexibility index (Phi) is 4.23. The van der Waals surface area contributed by atoms with E-state index in [0.29, 0.717) is 6.61 Å². The Hall–Kier alpha value is -1.25. The monoisotopic (exact) mass is 195 g/mol. The van der Waals surface area contributed by atoms with Gasteiger partial charge >= 0.3 is 6.09 Å². The maximum absolute atomic E-state index is 11.2. The second kappa shape index (κ2) is 5.47. The zero-order valence-electron chi connectivity index (χ0n) is 8.75. The predicted octanol–water partition coefficient (Wildman–Crippen LogP) is 2.40. The van der Waals surface area contributed by atoms with Crippen molar-refractivity contribution in [1.29, 1.82) is 0 Å². The van der Waals surface area contributed by atoms with Crippen molar-refractivity contribution in [3.8, 4) is 0 Å². The maximum Gasteiger partial charge on any atom is 0.407 e. The first-order valence-electron chi connectivity index (χ1n) is 5.00. The number of carbonyl (C=O) groups is 1. The molecule has 0 heterocycles. The predicted molar refractivity (Wildman–Crippen MR) is 56.1 cm³/mol. The van der Waals surface area contributed by atoms with E-state index in [1.807, 2.05) is 26.0 Å². The summed E-state index contributed by atoms with van der Waals surface area (Å²) in [5, 5.41) is 2.78. The van der Waals surface area contributed by atoms with Gasteiger partial charge in [-0.1, -0.05) is 30.7 Å². The quantitative estimate of drug-likeness (QED) is 0.751. The fourth-order valence-electron chi connectivity index (χ4n) is 1.22. The van der Waals surface area contributed by atoms with Gasteiger partial charge in [-0.3, -0.25) is 0 Å². The summed E-state index contributed by atoms with van der Waals surface area (Å²) in [6, 6.07) is 0.0862. The summed E-state index contributed by atoms with van der Waals surface area (Å²) < 4.78 is 4.92. The highest BCUT2D eigenvalue weighted by Crippen LogP contribution is 2.09. The average Bonchev–Trinajstić information content (AvgIpc) is 2.18. The van der Waals surface area contributed by atoms with E-state index in [1.54, 1.807) is 0 Å². The Morgan fingerprint density at radius 2 is 2.50 bits per heavy atom. The molecule has 0 aromatic heterocycles. The van der Waals surface area contributed by atoms with Crippen molar-refractivity contribution in [2.75, 3.05) is 6.61 Å².